The zero-order valence-electron chi connectivity index (χ0n) is 13.6. The molecular weight excluding hydrogens is 308 g/mol. The molecule has 124 valence electrons. The van der Waals surface area contributed by atoms with Crippen LogP contribution in [0.15, 0.2) is 57.7 Å². The van der Waals surface area contributed by atoms with Gasteiger partial charge in [0.15, 0.2) is 5.58 Å². The Morgan fingerprint density at radius 2 is 1.88 bits per heavy atom. The lowest BCUT2D eigenvalue weighted by atomic mass is 10.2. The fourth-order valence-electron chi connectivity index (χ4n) is 2.65. The van der Waals surface area contributed by atoms with Gasteiger partial charge in [0.25, 0.3) is 0 Å². The van der Waals surface area contributed by atoms with Gasteiger partial charge >= 0.3 is 5.76 Å². The first kappa shape index (κ1) is 15.9. The average Bonchev–Trinajstić information content (AvgIpc) is 2.92. The molecule has 0 aliphatic carbocycles. The van der Waals surface area contributed by atoms with Gasteiger partial charge in [0.05, 0.1) is 12.6 Å². The summed E-state index contributed by atoms with van der Waals surface area (Å²) in [4.78, 5) is 26.3. The summed E-state index contributed by atoms with van der Waals surface area (Å²) in [5.74, 6) is 0.00551. The van der Waals surface area contributed by atoms with Crippen molar-refractivity contribution in [3.05, 3.63) is 59.1 Å². The summed E-state index contributed by atoms with van der Waals surface area (Å²) < 4.78 is 11.7. The highest BCUT2D eigenvalue weighted by molar-refractivity contribution is 5.93. The van der Waals surface area contributed by atoms with Gasteiger partial charge in [-0.25, -0.2) is 4.79 Å². The Hall–Kier alpha value is -3.02. The minimum Gasteiger partial charge on any atom is -0.497 e. The second kappa shape index (κ2) is 6.62. The molecule has 24 heavy (non-hydrogen) atoms. The second-order valence-electron chi connectivity index (χ2n) is 5.26. The van der Waals surface area contributed by atoms with E-state index in [0.29, 0.717) is 17.6 Å². The van der Waals surface area contributed by atoms with Crippen molar-refractivity contribution >= 4 is 22.7 Å². The first-order chi connectivity index (χ1) is 11.6. The van der Waals surface area contributed by atoms with E-state index in [-0.39, 0.29) is 12.5 Å². The monoisotopic (exact) mass is 326 g/mol. The standard InChI is InChI=1S/C18H18N2O4/c1-3-19(13-8-10-14(23-2)11-9-13)17(21)12-20-15-6-4-5-7-16(15)24-18(20)22/h4-11H,3,12H2,1-2H3. The van der Waals surface area contributed by atoms with E-state index in [0.717, 1.165) is 11.4 Å². The van der Waals surface area contributed by atoms with E-state index < -0.39 is 5.76 Å². The van der Waals surface area contributed by atoms with Gasteiger partial charge in [0.2, 0.25) is 5.91 Å². The number of rotatable bonds is 5. The Balaban J connectivity index is 1.88. The predicted molar refractivity (Wildman–Crippen MR) is 91.5 cm³/mol. The lowest BCUT2D eigenvalue weighted by Gasteiger charge is -2.21. The molecule has 0 saturated heterocycles. The molecule has 0 N–H and O–H groups in total. The number of aromatic nitrogens is 1. The highest BCUT2D eigenvalue weighted by Crippen LogP contribution is 2.20. The molecule has 0 aliphatic heterocycles. The molecule has 1 amide bonds. The predicted octanol–water partition coefficient (Wildman–Crippen LogP) is 2.66. The third-order valence-electron chi connectivity index (χ3n) is 3.87. The highest BCUT2D eigenvalue weighted by atomic mass is 16.5. The zero-order valence-corrected chi connectivity index (χ0v) is 13.6. The summed E-state index contributed by atoms with van der Waals surface area (Å²) in [6, 6.07) is 14.3. The first-order valence-corrected chi connectivity index (χ1v) is 7.67. The van der Waals surface area contributed by atoms with Crippen LogP contribution in [0.4, 0.5) is 5.69 Å². The van der Waals surface area contributed by atoms with Crippen LogP contribution in [0.5, 0.6) is 5.75 Å². The molecule has 0 radical (unpaired) electrons. The number of amides is 1. The molecule has 0 atom stereocenters. The number of benzene rings is 2. The van der Waals surface area contributed by atoms with Crippen molar-refractivity contribution in [3.8, 4) is 5.75 Å². The smallest absolute Gasteiger partial charge is 0.420 e. The van der Waals surface area contributed by atoms with E-state index in [1.54, 1.807) is 48.4 Å². The van der Waals surface area contributed by atoms with Crippen LogP contribution in [-0.2, 0) is 11.3 Å². The Morgan fingerprint density at radius 1 is 1.17 bits per heavy atom. The molecule has 2 aromatic carbocycles. The fourth-order valence-corrected chi connectivity index (χ4v) is 2.65. The molecule has 0 unspecified atom stereocenters. The number of carbonyl (C=O) groups is 1. The van der Waals surface area contributed by atoms with E-state index in [1.807, 2.05) is 19.1 Å². The molecule has 0 bridgehead atoms. The average molecular weight is 326 g/mol. The quantitative estimate of drug-likeness (QED) is 0.723. The van der Waals surface area contributed by atoms with Crippen LogP contribution in [0.1, 0.15) is 6.92 Å². The van der Waals surface area contributed by atoms with Crippen molar-refractivity contribution in [2.45, 2.75) is 13.5 Å². The van der Waals surface area contributed by atoms with Crippen LogP contribution < -0.4 is 15.4 Å². The minimum atomic E-state index is -0.532. The summed E-state index contributed by atoms with van der Waals surface area (Å²) in [6.07, 6.45) is 0. The van der Waals surface area contributed by atoms with Gasteiger partial charge in [-0.05, 0) is 43.3 Å². The van der Waals surface area contributed by atoms with E-state index in [9.17, 15) is 9.59 Å². The topological polar surface area (TPSA) is 64.7 Å². The third-order valence-corrected chi connectivity index (χ3v) is 3.87. The van der Waals surface area contributed by atoms with Crippen LogP contribution >= 0.6 is 0 Å². The number of nitrogens with zero attached hydrogens (tertiary/aromatic N) is 2. The SMILES string of the molecule is CCN(C(=O)Cn1c(=O)oc2ccccc21)c1ccc(OC)cc1. The molecule has 6 nitrogen and oxygen atoms in total. The number of oxazole rings is 1. The van der Waals surface area contributed by atoms with Crippen LogP contribution in [0, 0.1) is 0 Å². The number of ether oxygens (including phenoxy) is 1. The molecule has 1 aromatic heterocycles. The molecule has 6 heteroatoms. The number of methoxy groups -OCH3 is 1. The summed E-state index contributed by atoms with van der Waals surface area (Å²) in [5.41, 5.74) is 1.84. The molecular formula is C18H18N2O4. The molecule has 0 spiro atoms. The Bertz CT molecular complexity index is 909. The maximum Gasteiger partial charge on any atom is 0.420 e. The van der Waals surface area contributed by atoms with Crippen LogP contribution in [0.3, 0.4) is 0 Å². The zero-order chi connectivity index (χ0) is 17.1. The maximum atomic E-state index is 12.7. The number of para-hydroxylation sites is 2. The number of fused-ring (bicyclic) bond motifs is 1. The van der Waals surface area contributed by atoms with Gasteiger partial charge in [-0.2, -0.15) is 0 Å². The molecule has 3 rings (SSSR count). The number of hydrogen-bond acceptors (Lipinski definition) is 4. The second-order valence-corrected chi connectivity index (χ2v) is 5.26. The largest absolute Gasteiger partial charge is 0.497 e. The summed E-state index contributed by atoms with van der Waals surface area (Å²) in [5, 5.41) is 0. The molecule has 0 saturated carbocycles. The van der Waals surface area contributed by atoms with Crippen molar-refractivity contribution in [2.75, 3.05) is 18.6 Å². The van der Waals surface area contributed by atoms with Gasteiger partial charge in [0.1, 0.15) is 12.3 Å². The van der Waals surface area contributed by atoms with Gasteiger partial charge in [-0.15, -0.1) is 0 Å². The van der Waals surface area contributed by atoms with Crippen molar-refractivity contribution in [2.24, 2.45) is 0 Å². The van der Waals surface area contributed by atoms with E-state index in [2.05, 4.69) is 0 Å². The Morgan fingerprint density at radius 3 is 2.54 bits per heavy atom. The molecule has 3 aromatic rings. The molecule has 0 aliphatic rings. The lowest BCUT2D eigenvalue weighted by Crippen LogP contribution is -2.35. The van der Waals surface area contributed by atoms with Gasteiger partial charge in [-0.3, -0.25) is 9.36 Å². The van der Waals surface area contributed by atoms with Crippen LogP contribution in [-0.4, -0.2) is 24.1 Å². The van der Waals surface area contributed by atoms with Crippen LogP contribution in [0.25, 0.3) is 11.1 Å². The van der Waals surface area contributed by atoms with Crippen LogP contribution in [0.2, 0.25) is 0 Å². The van der Waals surface area contributed by atoms with E-state index >= 15 is 0 Å². The molecule has 1 heterocycles. The maximum absolute atomic E-state index is 12.7. The lowest BCUT2D eigenvalue weighted by molar-refractivity contribution is -0.119. The van der Waals surface area contributed by atoms with Crippen molar-refractivity contribution in [1.29, 1.82) is 0 Å². The van der Waals surface area contributed by atoms with Gasteiger partial charge < -0.3 is 14.1 Å². The Labute approximate surface area is 138 Å². The minimum absolute atomic E-state index is 0.0737. The Kier molecular flexibility index (Phi) is 4.37. The molecule has 0 fully saturated rings. The van der Waals surface area contributed by atoms with Gasteiger partial charge in [0, 0.05) is 12.2 Å². The summed E-state index contributed by atoms with van der Waals surface area (Å²) >= 11 is 0. The highest BCUT2D eigenvalue weighted by Gasteiger charge is 2.18. The normalized spacial score (nSPS) is 10.8. The van der Waals surface area contributed by atoms with Crippen molar-refractivity contribution in [1.82, 2.24) is 4.57 Å². The number of hydrogen-bond donors (Lipinski definition) is 0. The van der Waals surface area contributed by atoms with Crippen molar-refractivity contribution < 1.29 is 13.9 Å². The number of likely N-dealkylation sites (N-methyl/N-ethyl adjacent to an activating group) is 1. The summed E-state index contributed by atoms with van der Waals surface area (Å²) in [6.45, 7) is 2.31. The van der Waals surface area contributed by atoms with E-state index in [1.165, 1.54) is 4.57 Å². The van der Waals surface area contributed by atoms with Gasteiger partial charge in [-0.1, -0.05) is 12.1 Å². The van der Waals surface area contributed by atoms with E-state index in [4.69, 9.17) is 9.15 Å². The number of carbonyl (C=O) groups excluding carboxylic acids is 1. The third kappa shape index (κ3) is 2.90. The van der Waals surface area contributed by atoms with Crippen molar-refractivity contribution in [3.63, 3.8) is 0 Å². The summed E-state index contributed by atoms with van der Waals surface area (Å²) in [7, 11) is 1.59. The fraction of sp³-hybridized carbons (Fsp3) is 0.222. The number of anilines is 1. The first-order valence-electron chi connectivity index (χ1n) is 7.67.